The molecule has 2 N–H and O–H groups in total. The van der Waals surface area contributed by atoms with Crippen LogP contribution in [0.25, 0.3) is 0 Å². The number of ether oxygens (including phenoxy) is 1. The van der Waals surface area contributed by atoms with Crippen LogP contribution in [-0.2, 0) is 16.0 Å². The highest BCUT2D eigenvalue weighted by molar-refractivity contribution is 6.31. The van der Waals surface area contributed by atoms with Crippen molar-refractivity contribution in [1.29, 1.82) is 0 Å². The molecule has 0 saturated heterocycles. The molecule has 0 aromatic heterocycles. The maximum atomic E-state index is 13.6. The second-order valence-corrected chi connectivity index (χ2v) is 5.92. The minimum atomic E-state index is -0.591. The first-order valence-electron chi connectivity index (χ1n) is 7.57. The standard InChI is InChI=1S/C18H18ClFN2O3/c1-11-6-7-13(8-12(11)2)25-10-18(24)22-21-17(23)9-14-15(19)4-3-5-16(14)20/h3-8H,9-10H2,1-2H3,(H,21,23)(H,22,24). The van der Waals surface area contributed by atoms with E-state index in [9.17, 15) is 14.0 Å². The van der Waals surface area contributed by atoms with E-state index >= 15 is 0 Å². The first kappa shape index (κ1) is 18.7. The zero-order chi connectivity index (χ0) is 18.4. The number of carbonyl (C=O) groups excluding carboxylic acids is 2. The molecule has 2 aromatic rings. The van der Waals surface area contributed by atoms with Crippen LogP contribution >= 0.6 is 11.6 Å². The van der Waals surface area contributed by atoms with Gasteiger partial charge in [-0.05, 0) is 49.2 Å². The maximum absolute atomic E-state index is 13.6. The summed E-state index contributed by atoms with van der Waals surface area (Å²) in [5, 5.41) is 0.152. The first-order chi connectivity index (χ1) is 11.9. The fraction of sp³-hybridized carbons (Fsp3) is 0.222. The van der Waals surface area contributed by atoms with Crippen molar-refractivity contribution in [1.82, 2.24) is 10.9 Å². The number of hydrazine groups is 1. The average Bonchev–Trinajstić information content (AvgIpc) is 2.57. The van der Waals surface area contributed by atoms with Gasteiger partial charge >= 0.3 is 0 Å². The van der Waals surface area contributed by atoms with Crippen LogP contribution in [0.3, 0.4) is 0 Å². The molecule has 0 bridgehead atoms. The van der Waals surface area contributed by atoms with Crippen LogP contribution in [0.1, 0.15) is 16.7 Å². The molecule has 0 saturated carbocycles. The van der Waals surface area contributed by atoms with Crippen LogP contribution < -0.4 is 15.6 Å². The van der Waals surface area contributed by atoms with Crippen molar-refractivity contribution in [3.05, 3.63) is 63.9 Å². The Morgan fingerprint density at radius 2 is 1.80 bits per heavy atom. The van der Waals surface area contributed by atoms with Crippen LogP contribution in [0.4, 0.5) is 4.39 Å². The first-order valence-corrected chi connectivity index (χ1v) is 7.95. The van der Waals surface area contributed by atoms with Crippen LogP contribution in [-0.4, -0.2) is 18.4 Å². The van der Waals surface area contributed by atoms with E-state index in [-0.39, 0.29) is 23.6 Å². The number of aryl methyl sites for hydroxylation is 2. The molecule has 2 amide bonds. The van der Waals surface area contributed by atoms with Crippen molar-refractivity contribution in [2.24, 2.45) is 0 Å². The van der Waals surface area contributed by atoms with Crippen LogP contribution in [0.5, 0.6) is 5.75 Å². The Bertz CT molecular complexity index is 776. The van der Waals surface area contributed by atoms with E-state index in [4.69, 9.17) is 16.3 Å². The van der Waals surface area contributed by atoms with E-state index < -0.39 is 17.6 Å². The Balaban J connectivity index is 1.79. The molecule has 2 aromatic carbocycles. The van der Waals surface area contributed by atoms with Crippen molar-refractivity contribution in [3.8, 4) is 5.75 Å². The fourth-order valence-corrected chi connectivity index (χ4v) is 2.26. The zero-order valence-electron chi connectivity index (χ0n) is 13.9. The van der Waals surface area contributed by atoms with E-state index in [0.717, 1.165) is 11.1 Å². The van der Waals surface area contributed by atoms with Gasteiger partial charge in [0.1, 0.15) is 11.6 Å². The lowest BCUT2D eigenvalue weighted by Gasteiger charge is -2.10. The van der Waals surface area contributed by atoms with Gasteiger partial charge in [0.2, 0.25) is 5.91 Å². The molecule has 0 unspecified atom stereocenters. The zero-order valence-corrected chi connectivity index (χ0v) is 14.6. The SMILES string of the molecule is Cc1ccc(OCC(=O)NNC(=O)Cc2c(F)cccc2Cl)cc1C. The highest BCUT2D eigenvalue weighted by atomic mass is 35.5. The van der Waals surface area contributed by atoms with E-state index in [1.807, 2.05) is 26.0 Å². The van der Waals surface area contributed by atoms with Crippen LogP contribution in [0.15, 0.2) is 36.4 Å². The summed E-state index contributed by atoms with van der Waals surface area (Å²) in [6.07, 6.45) is -0.288. The summed E-state index contributed by atoms with van der Waals surface area (Å²) >= 11 is 5.85. The van der Waals surface area contributed by atoms with Crippen molar-refractivity contribution in [2.75, 3.05) is 6.61 Å². The molecule has 0 heterocycles. The van der Waals surface area contributed by atoms with E-state index in [2.05, 4.69) is 10.9 Å². The molecule has 0 aliphatic carbocycles. The summed E-state index contributed by atoms with van der Waals surface area (Å²) < 4.78 is 19.0. The van der Waals surface area contributed by atoms with Crippen molar-refractivity contribution in [2.45, 2.75) is 20.3 Å². The minimum absolute atomic E-state index is 0.0716. The second-order valence-electron chi connectivity index (χ2n) is 5.51. The topological polar surface area (TPSA) is 67.4 Å². The molecule has 7 heteroatoms. The summed E-state index contributed by atoms with van der Waals surface area (Å²) in [5.41, 5.74) is 6.65. The van der Waals surface area contributed by atoms with Crippen molar-refractivity contribution in [3.63, 3.8) is 0 Å². The smallest absolute Gasteiger partial charge is 0.276 e. The number of hydrogen-bond donors (Lipinski definition) is 2. The van der Waals surface area contributed by atoms with Crippen LogP contribution in [0, 0.1) is 19.7 Å². The molecule has 0 spiro atoms. The number of halogens is 2. The number of rotatable bonds is 5. The Kier molecular flexibility index (Phi) is 6.36. The molecule has 0 aliphatic rings. The van der Waals surface area contributed by atoms with E-state index in [1.54, 1.807) is 6.07 Å². The van der Waals surface area contributed by atoms with Crippen LogP contribution in [0.2, 0.25) is 5.02 Å². The number of amides is 2. The molecule has 132 valence electrons. The quantitative estimate of drug-likeness (QED) is 0.802. The summed E-state index contributed by atoms with van der Waals surface area (Å²) in [6.45, 7) is 3.66. The number of nitrogens with one attached hydrogen (secondary N) is 2. The molecule has 25 heavy (non-hydrogen) atoms. The van der Waals surface area contributed by atoms with E-state index in [1.165, 1.54) is 18.2 Å². The van der Waals surface area contributed by atoms with Crippen molar-refractivity contribution < 1.29 is 18.7 Å². The largest absolute Gasteiger partial charge is 0.484 e. The molecule has 5 nitrogen and oxygen atoms in total. The Labute approximate surface area is 150 Å². The lowest BCUT2D eigenvalue weighted by atomic mass is 10.1. The predicted molar refractivity (Wildman–Crippen MR) is 92.8 cm³/mol. The van der Waals surface area contributed by atoms with Gasteiger partial charge in [0, 0.05) is 10.6 Å². The molecular formula is C18H18ClFN2O3. The maximum Gasteiger partial charge on any atom is 0.276 e. The highest BCUT2D eigenvalue weighted by Gasteiger charge is 2.12. The summed E-state index contributed by atoms with van der Waals surface area (Å²) in [6, 6.07) is 9.62. The van der Waals surface area contributed by atoms with Gasteiger partial charge in [0.05, 0.1) is 6.42 Å². The predicted octanol–water partition coefficient (Wildman–Crippen LogP) is 2.86. The molecule has 0 fully saturated rings. The monoisotopic (exact) mass is 364 g/mol. The average molecular weight is 365 g/mol. The Hall–Kier alpha value is -2.60. The Morgan fingerprint density at radius 3 is 2.48 bits per heavy atom. The normalized spacial score (nSPS) is 10.2. The van der Waals surface area contributed by atoms with Gasteiger partial charge < -0.3 is 4.74 Å². The molecule has 0 aliphatic heterocycles. The van der Waals surface area contributed by atoms with Gasteiger partial charge in [0.15, 0.2) is 6.61 Å². The van der Waals surface area contributed by atoms with Gasteiger partial charge in [-0.25, -0.2) is 4.39 Å². The summed E-state index contributed by atoms with van der Waals surface area (Å²) in [5.74, 6) is -1.15. The minimum Gasteiger partial charge on any atom is -0.484 e. The third kappa shape index (κ3) is 5.46. The second kappa shape index (κ2) is 8.48. The molecule has 2 rings (SSSR count). The third-order valence-corrected chi connectivity index (χ3v) is 3.94. The third-order valence-electron chi connectivity index (χ3n) is 3.59. The van der Waals surface area contributed by atoms with E-state index in [0.29, 0.717) is 5.75 Å². The van der Waals surface area contributed by atoms with Gasteiger partial charge in [-0.1, -0.05) is 23.7 Å². The lowest BCUT2D eigenvalue weighted by molar-refractivity contribution is -0.129. The summed E-state index contributed by atoms with van der Waals surface area (Å²) in [7, 11) is 0. The van der Waals surface area contributed by atoms with Gasteiger partial charge in [-0.2, -0.15) is 0 Å². The van der Waals surface area contributed by atoms with Gasteiger partial charge in [-0.3, -0.25) is 20.4 Å². The molecule has 0 atom stereocenters. The number of benzene rings is 2. The number of hydrogen-bond acceptors (Lipinski definition) is 3. The fourth-order valence-electron chi connectivity index (χ4n) is 2.03. The van der Waals surface area contributed by atoms with Crippen molar-refractivity contribution >= 4 is 23.4 Å². The lowest BCUT2D eigenvalue weighted by Crippen LogP contribution is -2.44. The van der Waals surface area contributed by atoms with Gasteiger partial charge in [-0.15, -0.1) is 0 Å². The van der Waals surface area contributed by atoms with Gasteiger partial charge in [0.25, 0.3) is 5.91 Å². The summed E-state index contributed by atoms with van der Waals surface area (Å²) in [4.78, 5) is 23.5. The molecular weight excluding hydrogens is 347 g/mol. The Morgan fingerprint density at radius 1 is 1.08 bits per heavy atom. The molecule has 0 radical (unpaired) electrons. The number of carbonyl (C=O) groups is 2. The highest BCUT2D eigenvalue weighted by Crippen LogP contribution is 2.19.